The molecule has 0 saturated heterocycles. The van der Waals surface area contributed by atoms with Crippen molar-refractivity contribution in [2.24, 2.45) is 0 Å². The largest absolute Gasteiger partial charge is 0.388 e. The van der Waals surface area contributed by atoms with Gasteiger partial charge in [0.15, 0.2) is 0 Å². The van der Waals surface area contributed by atoms with Gasteiger partial charge in [0.2, 0.25) is 0 Å². The van der Waals surface area contributed by atoms with E-state index in [-0.39, 0.29) is 0 Å². The second-order valence-electron chi connectivity index (χ2n) is 4.82. The van der Waals surface area contributed by atoms with Crippen LogP contribution in [0.1, 0.15) is 28.4 Å². The van der Waals surface area contributed by atoms with Gasteiger partial charge in [-0.1, -0.05) is 51.3 Å². The van der Waals surface area contributed by atoms with Gasteiger partial charge in [-0.3, -0.25) is 0 Å². The monoisotopic (exact) mass is 338 g/mol. The molecule has 0 fully saturated rings. The van der Waals surface area contributed by atoms with Crippen LogP contribution < -0.4 is 0 Å². The van der Waals surface area contributed by atoms with E-state index in [2.05, 4.69) is 48.0 Å². The molecule has 1 unspecified atom stereocenters. The third-order valence-corrected chi connectivity index (χ3v) is 4.19. The van der Waals surface area contributed by atoms with Crippen LogP contribution in [0, 0.1) is 13.8 Å². The molecular weight excluding hydrogens is 324 g/mol. The molecule has 0 aliphatic carbocycles. The van der Waals surface area contributed by atoms with E-state index in [4.69, 9.17) is 11.6 Å². The van der Waals surface area contributed by atoms with Crippen LogP contribution in [0.5, 0.6) is 0 Å². The summed E-state index contributed by atoms with van der Waals surface area (Å²) in [5, 5.41) is 11.0. The van der Waals surface area contributed by atoms with E-state index in [0.29, 0.717) is 11.4 Å². The second kappa shape index (κ2) is 6.08. The van der Waals surface area contributed by atoms with Crippen molar-refractivity contribution in [3.63, 3.8) is 0 Å². The quantitative estimate of drug-likeness (QED) is 0.834. The van der Waals surface area contributed by atoms with Crippen molar-refractivity contribution in [2.75, 3.05) is 0 Å². The Morgan fingerprint density at radius 2 is 1.89 bits per heavy atom. The first-order valence-electron chi connectivity index (χ1n) is 6.16. The minimum absolute atomic E-state index is 0.562. The predicted molar refractivity (Wildman–Crippen MR) is 83.7 cm³/mol. The highest BCUT2D eigenvalue weighted by atomic mass is 79.9. The highest BCUT2D eigenvalue weighted by molar-refractivity contribution is 9.10. The van der Waals surface area contributed by atoms with Crippen LogP contribution in [0.3, 0.4) is 0 Å². The molecule has 1 atom stereocenters. The van der Waals surface area contributed by atoms with Gasteiger partial charge in [-0.2, -0.15) is 0 Å². The maximum atomic E-state index is 10.4. The molecule has 0 aliphatic heterocycles. The third kappa shape index (κ3) is 3.59. The van der Waals surface area contributed by atoms with E-state index in [1.54, 1.807) is 12.1 Å². The highest BCUT2D eigenvalue weighted by Crippen LogP contribution is 2.29. The number of aryl methyl sites for hydroxylation is 2. The Bertz CT molecular complexity index is 595. The van der Waals surface area contributed by atoms with Gasteiger partial charge in [0.25, 0.3) is 0 Å². The molecular formula is C16H16BrClO. The average Bonchev–Trinajstić information content (AvgIpc) is 2.36. The molecule has 0 saturated carbocycles. The molecule has 1 N–H and O–H groups in total. The molecule has 0 radical (unpaired) electrons. The summed E-state index contributed by atoms with van der Waals surface area (Å²) in [6.45, 7) is 4.12. The van der Waals surface area contributed by atoms with Crippen molar-refractivity contribution in [2.45, 2.75) is 26.4 Å². The minimum atomic E-state index is -0.562. The lowest BCUT2D eigenvalue weighted by molar-refractivity contribution is 0.177. The molecule has 0 aromatic heterocycles. The van der Waals surface area contributed by atoms with Gasteiger partial charge in [-0.15, -0.1) is 0 Å². The summed E-state index contributed by atoms with van der Waals surface area (Å²) in [5.41, 5.74) is 4.40. The van der Waals surface area contributed by atoms with Crippen LogP contribution in [0.25, 0.3) is 0 Å². The molecule has 2 aromatic rings. The first-order valence-corrected chi connectivity index (χ1v) is 7.33. The molecule has 0 heterocycles. The zero-order valence-corrected chi connectivity index (χ0v) is 13.3. The van der Waals surface area contributed by atoms with Gasteiger partial charge in [0.05, 0.1) is 6.10 Å². The highest BCUT2D eigenvalue weighted by Gasteiger charge is 2.14. The maximum absolute atomic E-state index is 10.4. The van der Waals surface area contributed by atoms with E-state index in [1.807, 2.05) is 6.07 Å². The number of halogens is 2. The van der Waals surface area contributed by atoms with E-state index < -0.39 is 6.10 Å². The van der Waals surface area contributed by atoms with E-state index in [9.17, 15) is 5.11 Å². The van der Waals surface area contributed by atoms with Crippen molar-refractivity contribution in [3.05, 3.63) is 68.1 Å². The van der Waals surface area contributed by atoms with Crippen molar-refractivity contribution < 1.29 is 5.11 Å². The Balaban J connectivity index is 2.27. The van der Waals surface area contributed by atoms with Crippen LogP contribution in [-0.2, 0) is 6.42 Å². The Hall–Kier alpha value is -0.830. The van der Waals surface area contributed by atoms with Gasteiger partial charge < -0.3 is 5.11 Å². The number of rotatable bonds is 3. The summed E-state index contributed by atoms with van der Waals surface area (Å²) >= 11 is 9.45. The Morgan fingerprint density at radius 3 is 2.63 bits per heavy atom. The smallest absolute Gasteiger partial charge is 0.0841 e. The van der Waals surface area contributed by atoms with Crippen molar-refractivity contribution in [1.82, 2.24) is 0 Å². The normalized spacial score (nSPS) is 12.5. The molecule has 0 amide bonds. The van der Waals surface area contributed by atoms with Gasteiger partial charge in [0.1, 0.15) is 0 Å². The van der Waals surface area contributed by atoms with Crippen LogP contribution >= 0.6 is 27.5 Å². The van der Waals surface area contributed by atoms with Gasteiger partial charge in [-0.05, 0) is 48.7 Å². The Labute approximate surface area is 127 Å². The van der Waals surface area contributed by atoms with Crippen molar-refractivity contribution >= 4 is 27.5 Å². The minimum Gasteiger partial charge on any atom is -0.388 e. The first kappa shape index (κ1) is 14.6. The lowest BCUT2D eigenvalue weighted by Crippen LogP contribution is -2.04. The number of aliphatic hydroxyl groups is 1. The summed E-state index contributed by atoms with van der Waals surface area (Å²) in [6, 6.07) is 11.8. The van der Waals surface area contributed by atoms with Gasteiger partial charge in [-0.25, -0.2) is 0 Å². The molecule has 19 heavy (non-hydrogen) atoms. The fraction of sp³-hybridized carbons (Fsp3) is 0.250. The summed E-state index contributed by atoms with van der Waals surface area (Å²) in [7, 11) is 0. The van der Waals surface area contributed by atoms with Gasteiger partial charge >= 0.3 is 0 Å². The lowest BCUT2D eigenvalue weighted by Gasteiger charge is -2.15. The molecule has 0 bridgehead atoms. The first-order chi connectivity index (χ1) is 8.97. The number of aliphatic hydroxyl groups excluding tert-OH is 1. The molecule has 1 nitrogen and oxygen atoms in total. The molecule has 2 rings (SSSR count). The zero-order chi connectivity index (χ0) is 14.0. The molecule has 3 heteroatoms. The maximum Gasteiger partial charge on any atom is 0.0841 e. The molecule has 2 aromatic carbocycles. The van der Waals surface area contributed by atoms with Gasteiger partial charge in [0, 0.05) is 15.9 Å². The summed E-state index contributed by atoms with van der Waals surface area (Å²) in [4.78, 5) is 0. The third-order valence-electron chi connectivity index (χ3n) is 3.23. The fourth-order valence-electron chi connectivity index (χ4n) is 2.11. The fourth-order valence-corrected chi connectivity index (χ4v) is 2.80. The van der Waals surface area contributed by atoms with Crippen LogP contribution in [0.15, 0.2) is 40.9 Å². The standard InChI is InChI=1S/C16H16BrClO/c1-10-3-4-11(2)12(7-10)8-16(19)14-9-13(18)5-6-15(14)17/h3-7,9,16,19H,8H2,1-2H3. The number of benzene rings is 2. The van der Waals surface area contributed by atoms with Crippen molar-refractivity contribution in [3.8, 4) is 0 Å². The Kier molecular flexibility index (Phi) is 4.67. The number of hydrogen-bond acceptors (Lipinski definition) is 1. The summed E-state index contributed by atoms with van der Waals surface area (Å²) in [5.74, 6) is 0. The summed E-state index contributed by atoms with van der Waals surface area (Å²) in [6.07, 6.45) is 0.0282. The zero-order valence-electron chi connectivity index (χ0n) is 11.0. The topological polar surface area (TPSA) is 20.2 Å². The Morgan fingerprint density at radius 1 is 1.16 bits per heavy atom. The van der Waals surface area contributed by atoms with Crippen LogP contribution in [-0.4, -0.2) is 5.11 Å². The van der Waals surface area contributed by atoms with E-state index in [0.717, 1.165) is 10.0 Å². The molecule has 0 spiro atoms. The van der Waals surface area contributed by atoms with Crippen molar-refractivity contribution in [1.29, 1.82) is 0 Å². The molecule has 0 aliphatic rings. The second-order valence-corrected chi connectivity index (χ2v) is 6.11. The van der Waals surface area contributed by atoms with E-state index in [1.165, 1.54) is 16.7 Å². The average molecular weight is 340 g/mol. The molecule has 100 valence electrons. The SMILES string of the molecule is Cc1ccc(C)c(CC(O)c2cc(Cl)ccc2Br)c1. The number of hydrogen-bond donors (Lipinski definition) is 1. The predicted octanol–water partition coefficient (Wildman–Crippen LogP) is 5.00. The summed E-state index contributed by atoms with van der Waals surface area (Å²) < 4.78 is 0.884. The lowest BCUT2D eigenvalue weighted by atomic mass is 9.97. The van der Waals surface area contributed by atoms with E-state index >= 15 is 0 Å². The van der Waals surface area contributed by atoms with Crippen LogP contribution in [0.4, 0.5) is 0 Å². The van der Waals surface area contributed by atoms with Crippen LogP contribution in [0.2, 0.25) is 5.02 Å².